The predicted octanol–water partition coefficient (Wildman–Crippen LogP) is 5.37. The van der Waals surface area contributed by atoms with Crippen molar-refractivity contribution in [1.29, 1.82) is 0 Å². The molecule has 0 heterocycles. The van der Waals surface area contributed by atoms with Crippen LogP contribution in [0, 0.1) is 5.92 Å². The number of alkyl halides is 3. The fourth-order valence-electron chi connectivity index (χ4n) is 2.22. The number of rotatable bonds is 8. The number of anilines is 1. The van der Waals surface area contributed by atoms with Gasteiger partial charge in [-0.05, 0) is 47.9 Å². The van der Waals surface area contributed by atoms with E-state index in [1.165, 1.54) is 0 Å². The Morgan fingerprint density at radius 1 is 1.11 bits per heavy atom. The number of halogens is 3. The van der Waals surface area contributed by atoms with E-state index in [-0.39, 0.29) is 11.8 Å². The molecule has 8 heteroatoms. The highest BCUT2D eigenvalue weighted by atomic mass is 35.6. The van der Waals surface area contributed by atoms with Gasteiger partial charge in [-0.15, -0.1) is 0 Å². The quantitative estimate of drug-likeness (QED) is 0.250. The molecule has 0 aliphatic carbocycles. The van der Waals surface area contributed by atoms with Gasteiger partial charge in [-0.25, -0.2) is 0 Å². The summed E-state index contributed by atoms with van der Waals surface area (Å²) < 4.78 is 3.86. The summed E-state index contributed by atoms with van der Waals surface area (Å²) in [6.45, 7) is 3.86. The van der Waals surface area contributed by atoms with Crippen molar-refractivity contribution < 1.29 is 9.53 Å². The number of hydrazone groups is 1. The van der Waals surface area contributed by atoms with E-state index in [1.54, 1.807) is 30.5 Å². The highest BCUT2D eigenvalue weighted by Gasteiger charge is 2.36. The number of nitrogens with one attached hydrogen (secondary N) is 2. The Morgan fingerprint density at radius 2 is 1.75 bits per heavy atom. The number of carbonyl (C=O) groups excluding carboxylic acids is 1. The number of hydrogen-bond donors (Lipinski definition) is 2. The van der Waals surface area contributed by atoms with E-state index in [0.29, 0.717) is 12.2 Å². The second-order valence-electron chi connectivity index (χ2n) is 6.51. The molecule has 28 heavy (non-hydrogen) atoms. The normalized spacial score (nSPS) is 12.8. The van der Waals surface area contributed by atoms with Crippen molar-refractivity contribution in [1.82, 2.24) is 5.32 Å². The van der Waals surface area contributed by atoms with Crippen molar-refractivity contribution in [2.75, 3.05) is 5.43 Å². The van der Waals surface area contributed by atoms with E-state index in [9.17, 15) is 4.79 Å². The molecule has 0 saturated heterocycles. The molecule has 0 saturated carbocycles. The third kappa shape index (κ3) is 7.97. The molecular formula is C20H22Cl3N3O2. The molecule has 0 spiro atoms. The number of amides is 1. The number of nitrogens with zero attached hydrogens (tertiary/aromatic N) is 1. The van der Waals surface area contributed by atoms with Crippen LogP contribution in [0.2, 0.25) is 0 Å². The van der Waals surface area contributed by atoms with Gasteiger partial charge in [0.05, 0.1) is 11.9 Å². The zero-order chi connectivity index (χ0) is 20.6. The van der Waals surface area contributed by atoms with Crippen molar-refractivity contribution in [2.24, 2.45) is 11.0 Å². The van der Waals surface area contributed by atoms with Crippen LogP contribution in [-0.4, -0.2) is 22.1 Å². The summed E-state index contributed by atoms with van der Waals surface area (Å²) in [6, 6.07) is 16.6. The van der Waals surface area contributed by atoms with E-state index in [4.69, 9.17) is 39.5 Å². The summed E-state index contributed by atoms with van der Waals surface area (Å²) in [5.74, 6) is 0.385. The zero-order valence-corrected chi connectivity index (χ0v) is 17.8. The molecule has 2 rings (SSSR count). The van der Waals surface area contributed by atoms with Crippen molar-refractivity contribution in [3.8, 4) is 5.75 Å². The highest BCUT2D eigenvalue weighted by Crippen LogP contribution is 2.32. The SMILES string of the molecule is CC(C)CC(=O)N[C@@H](Oc1ccc(/C=N\Nc2ccccc2)cc1)C(Cl)(Cl)Cl. The molecule has 0 fully saturated rings. The summed E-state index contributed by atoms with van der Waals surface area (Å²) in [5, 5.41) is 6.78. The van der Waals surface area contributed by atoms with Gasteiger partial charge in [-0.1, -0.05) is 66.8 Å². The molecule has 150 valence electrons. The smallest absolute Gasteiger partial charge is 0.246 e. The van der Waals surface area contributed by atoms with Crippen LogP contribution >= 0.6 is 34.8 Å². The average Bonchev–Trinajstić information content (AvgIpc) is 2.62. The van der Waals surface area contributed by atoms with Crippen LogP contribution in [0.1, 0.15) is 25.8 Å². The lowest BCUT2D eigenvalue weighted by molar-refractivity contribution is -0.124. The lowest BCUT2D eigenvalue weighted by Crippen LogP contribution is -2.48. The van der Waals surface area contributed by atoms with Gasteiger partial charge in [0.1, 0.15) is 5.75 Å². The Kier molecular flexibility index (Phi) is 8.42. The van der Waals surface area contributed by atoms with E-state index < -0.39 is 10.0 Å². The maximum Gasteiger partial charge on any atom is 0.246 e. The molecule has 0 bridgehead atoms. The number of para-hydroxylation sites is 1. The van der Waals surface area contributed by atoms with Crippen LogP contribution in [0.15, 0.2) is 59.7 Å². The minimum Gasteiger partial charge on any atom is -0.466 e. The molecule has 2 N–H and O–H groups in total. The van der Waals surface area contributed by atoms with E-state index in [1.807, 2.05) is 44.2 Å². The van der Waals surface area contributed by atoms with Crippen molar-refractivity contribution in [3.05, 3.63) is 60.2 Å². The first-order valence-electron chi connectivity index (χ1n) is 8.71. The van der Waals surface area contributed by atoms with Crippen LogP contribution in [0.3, 0.4) is 0 Å². The van der Waals surface area contributed by atoms with Gasteiger partial charge in [0, 0.05) is 6.42 Å². The summed E-state index contributed by atoms with van der Waals surface area (Å²) in [7, 11) is 0. The molecular weight excluding hydrogens is 421 g/mol. The maximum absolute atomic E-state index is 12.0. The van der Waals surface area contributed by atoms with E-state index >= 15 is 0 Å². The second kappa shape index (κ2) is 10.6. The highest BCUT2D eigenvalue weighted by molar-refractivity contribution is 6.68. The Balaban J connectivity index is 1.97. The van der Waals surface area contributed by atoms with Crippen molar-refractivity contribution in [2.45, 2.75) is 30.3 Å². The molecule has 0 aromatic heterocycles. The van der Waals surface area contributed by atoms with Crippen LogP contribution in [-0.2, 0) is 4.79 Å². The Morgan fingerprint density at radius 3 is 2.32 bits per heavy atom. The fourth-order valence-corrected chi connectivity index (χ4v) is 2.51. The Hall–Kier alpha value is -1.95. The van der Waals surface area contributed by atoms with Crippen LogP contribution in [0.4, 0.5) is 5.69 Å². The van der Waals surface area contributed by atoms with E-state index in [0.717, 1.165) is 11.3 Å². The summed E-state index contributed by atoms with van der Waals surface area (Å²) in [4.78, 5) is 12.0. The van der Waals surface area contributed by atoms with Crippen LogP contribution < -0.4 is 15.5 Å². The monoisotopic (exact) mass is 441 g/mol. The fraction of sp³-hybridized carbons (Fsp3) is 0.300. The molecule has 0 unspecified atom stereocenters. The first-order chi connectivity index (χ1) is 13.2. The molecule has 0 aliphatic rings. The standard InChI is InChI=1S/C20H22Cl3N3O2/c1-14(2)12-18(27)25-19(20(21,22)23)28-17-10-8-15(9-11-17)13-24-26-16-6-4-3-5-7-16/h3-11,13-14,19,26H,12H2,1-2H3,(H,25,27)/b24-13-/t19-/m0/s1. The van der Waals surface area contributed by atoms with Crippen molar-refractivity contribution >= 4 is 52.6 Å². The van der Waals surface area contributed by atoms with Gasteiger partial charge >= 0.3 is 0 Å². The average molecular weight is 443 g/mol. The van der Waals surface area contributed by atoms with Gasteiger partial charge in [-0.3, -0.25) is 10.2 Å². The molecule has 0 aliphatic heterocycles. The maximum atomic E-state index is 12.0. The lowest BCUT2D eigenvalue weighted by Gasteiger charge is -2.26. The molecule has 5 nitrogen and oxygen atoms in total. The van der Waals surface area contributed by atoms with Crippen LogP contribution in [0.25, 0.3) is 0 Å². The number of hydrogen-bond acceptors (Lipinski definition) is 4. The van der Waals surface area contributed by atoms with E-state index in [2.05, 4.69) is 15.8 Å². The van der Waals surface area contributed by atoms with Gasteiger partial charge in [0.2, 0.25) is 15.9 Å². The first-order valence-corrected chi connectivity index (χ1v) is 9.84. The van der Waals surface area contributed by atoms with Gasteiger partial charge in [-0.2, -0.15) is 5.10 Å². The molecule has 1 atom stereocenters. The minimum absolute atomic E-state index is 0.180. The van der Waals surface area contributed by atoms with Gasteiger partial charge in [0.25, 0.3) is 0 Å². The third-order valence-electron chi connectivity index (χ3n) is 3.50. The number of benzene rings is 2. The summed E-state index contributed by atoms with van der Waals surface area (Å²) in [5.41, 5.74) is 4.68. The van der Waals surface area contributed by atoms with Gasteiger partial charge in [0.15, 0.2) is 0 Å². The summed E-state index contributed by atoms with van der Waals surface area (Å²) in [6.07, 6.45) is 0.876. The topological polar surface area (TPSA) is 62.7 Å². The molecule has 1 amide bonds. The number of ether oxygens (including phenoxy) is 1. The zero-order valence-electron chi connectivity index (χ0n) is 15.5. The largest absolute Gasteiger partial charge is 0.466 e. The first kappa shape index (κ1) is 22.3. The van der Waals surface area contributed by atoms with Gasteiger partial charge < -0.3 is 10.1 Å². The number of carbonyl (C=O) groups is 1. The predicted molar refractivity (Wildman–Crippen MR) is 116 cm³/mol. The Bertz CT molecular complexity index is 776. The lowest BCUT2D eigenvalue weighted by atomic mass is 10.1. The third-order valence-corrected chi connectivity index (χ3v) is 4.09. The molecule has 2 aromatic rings. The second-order valence-corrected chi connectivity index (χ2v) is 8.88. The Labute approximate surface area is 180 Å². The van der Waals surface area contributed by atoms with Crippen LogP contribution in [0.5, 0.6) is 5.75 Å². The van der Waals surface area contributed by atoms with Crippen molar-refractivity contribution in [3.63, 3.8) is 0 Å². The minimum atomic E-state index is -1.81. The molecule has 2 aromatic carbocycles. The summed E-state index contributed by atoms with van der Waals surface area (Å²) >= 11 is 17.8. The molecule has 0 radical (unpaired) electrons.